The zero-order chi connectivity index (χ0) is 12.8. The number of rotatable bonds is 3. The Labute approximate surface area is 114 Å². The summed E-state index contributed by atoms with van der Waals surface area (Å²) >= 11 is 3.31. The lowest BCUT2D eigenvalue weighted by molar-refractivity contribution is 0.617. The van der Waals surface area contributed by atoms with E-state index >= 15 is 0 Å². The Morgan fingerprint density at radius 3 is 2.89 bits per heavy atom. The maximum Gasteiger partial charge on any atom is 0.128 e. The van der Waals surface area contributed by atoms with Gasteiger partial charge in [0.05, 0.1) is 10.8 Å². The first-order valence-electron chi connectivity index (χ1n) is 5.43. The molecule has 18 heavy (non-hydrogen) atoms. The van der Waals surface area contributed by atoms with E-state index in [-0.39, 0.29) is 12.4 Å². The zero-order valence-corrected chi connectivity index (χ0v) is 11.3. The molecule has 2 aromatic rings. The highest BCUT2D eigenvalue weighted by Gasteiger charge is 2.04. The van der Waals surface area contributed by atoms with Crippen molar-refractivity contribution in [2.24, 2.45) is 5.73 Å². The summed E-state index contributed by atoms with van der Waals surface area (Å²) in [4.78, 5) is 0. The largest absolute Gasteiger partial charge is 0.320 e. The van der Waals surface area contributed by atoms with E-state index in [1.54, 1.807) is 29.2 Å². The fourth-order valence-electron chi connectivity index (χ4n) is 1.39. The van der Waals surface area contributed by atoms with Crippen LogP contribution in [0, 0.1) is 17.7 Å². The molecular weight excluding hydrogens is 265 g/mol. The summed E-state index contributed by atoms with van der Waals surface area (Å²) in [5, 5.41) is 2.02. The van der Waals surface area contributed by atoms with Crippen molar-refractivity contribution in [2.45, 2.75) is 9.96 Å². The number of hydrogen-bond acceptors (Lipinski definition) is 3. The second kappa shape index (κ2) is 6.60. The van der Waals surface area contributed by atoms with E-state index in [1.165, 1.54) is 10.3 Å². The molecule has 1 heterocycles. The molecule has 0 spiro atoms. The van der Waals surface area contributed by atoms with Gasteiger partial charge in [-0.1, -0.05) is 24.0 Å². The summed E-state index contributed by atoms with van der Waals surface area (Å²) in [7, 11) is 0. The summed E-state index contributed by atoms with van der Waals surface area (Å²) in [5.41, 5.74) is 6.65. The molecule has 0 atom stereocenters. The Kier molecular flexibility index (Phi) is 4.82. The van der Waals surface area contributed by atoms with E-state index in [1.807, 2.05) is 23.6 Å². The van der Waals surface area contributed by atoms with E-state index in [0.717, 1.165) is 0 Å². The zero-order valence-electron chi connectivity index (χ0n) is 9.65. The third-order valence-corrected chi connectivity index (χ3v) is 4.43. The minimum atomic E-state index is -0.206. The van der Waals surface area contributed by atoms with Crippen molar-refractivity contribution in [2.75, 3.05) is 6.54 Å². The Bertz CT molecular complexity index is 567. The lowest BCUT2D eigenvalue weighted by Crippen LogP contribution is -1.93. The number of thioether (sulfide) groups is 1. The Morgan fingerprint density at radius 1 is 1.33 bits per heavy atom. The van der Waals surface area contributed by atoms with Gasteiger partial charge in [0.2, 0.25) is 0 Å². The van der Waals surface area contributed by atoms with Crippen LogP contribution in [0.5, 0.6) is 0 Å². The Morgan fingerprint density at radius 2 is 2.22 bits per heavy atom. The van der Waals surface area contributed by atoms with E-state index < -0.39 is 0 Å². The molecule has 92 valence electrons. The van der Waals surface area contributed by atoms with Crippen LogP contribution in [0.4, 0.5) is 4.39 Å². The topological polar surface area (TPSA) is 26.0 Å². The third kappa shape index (κ3) is 3.61. The summed E-state index contributed by atoms with van der Waals surface area (Å²) in [6, 6.07) is 9.11. The third-order valence-electron chi connectivity index (χ3n) is 2.25. The Hall–Kier alpha value is -1.28. The normalized spacial score (nSPS) is 9.89. The summed E-state index contributed by atoms with van der Waals surface area (Å²) in [6.45, 7) is 0.289. The van der Waals surface area contributed by atoms with Gasteiger partial charge < -0.3 is 5.73 Å². The average Bonchev–Trinajstić information content (AvgIpc) is 2.88. The first-order valence-corrected chi connectivity index (χ1v) is 7.30. The first kappa shape index (κ1) is 13.2. The number of halogens is 1. The van der Waals surface area contributed by atoms with Crippen molar-refractivity contribution in [1.29, 1.82) is 0 Å². The van der Waals surface area contributed by atoms with E-state index in [9.17, 15) is 4.39 Å². The molecule has 0 aliphatic heterocycles. The van der Waals surface area contributed by atoms with Gasteiger partial charge in [0.15, 0.2) is 0 Å². The second-order valence-electron chi connectivity index (χ2n) is 3.53. The quantitative estimate of drug-likeness (QED) is 0.686. The standard InChI is InChI=1S/C14H12FNS2/c15-13-9-11(3-1-7-16)5-6-12(13)10-18-14-4-2-8-17-14/h2,4-6,8-9H,7,10,16H2. The molecule has 0 radical (unpaired) electrons. The van der Waals surface area contributed by atoms with Crippen molar-refractivity contribution in [1.82, 2.24) is 0 Å². The van der Waals surface area contributed by atoms with Crippen LogP contribution in [-0.4, -0.2) is 6.54 Å². The molecule has 1 nitrogen and oxygen atoms in total. The van der Waals surface area contributed by atoms with Crippen LogP contribution < -0.4 is 5.73 Å². The molecule has 0 saturated carbocycles. The molecule has 0 bridgehead atoms. The highest BCUT2D eigenvalue weighted by Crippen LogP contribution is 2.27. The van der Waals surface area contributed by atoms with Gasteiger partial charge in [-0.25, -0.2) is 4.39 Å². The van der Waals surface area contributed by atoms with Gasteiger partial charge in [0.25, 0.3) is 0 Å². The molecule has 2 N–H and O–H groups in total. The minimum Gasteiger partial charge on any atom is -0.320 e. The molecule has 0 unspecified atom stereocenters. The second-order valence-corrected chi connectivity index (χ2v) is 5.76. The van der Waals surface area contributed by atoms with Crippen molar-refractivity contribution in [3.63, 3.8) is 0 Å². The van der Waals surface area contributed by atoms with E-state index in [2.05, 4.69) is 11.8 Å². The number of benzene rings is 1. The lowest BCUT2D eigenvalue weighted by atomic mass is 10.1. The molecule has 1 aromatic heterocycles. The fourth-order valence-corrected chi connectivity index (χ4v) is 3.16. The van der Waals surface area contributed by atoms with Crippen molar-refractivity contribution in [3.05, 3.63) is 52.7 Å². The van der Waals surface area contributed by atoms with Crippen LogP contribution in [0.1, 0.15) is 11.1 Å². The maximum atomic E-state index is 13.8. The van der Waals surface area contributed by atoms with Crippen LogP contribution in [0.2, 0.25) is 0 Å². The van der Waals surface area contributed by atoms with Gasteiger partial charge in [0, 0.05) is 11.3 Å². The van der Waals surface area contributed by atoms with Gasteiger partial charge in [-0.05, 0) is 29.1 Å². The van der Waals surface area contributed by atoms with Gasteiger partial charge >= 0.3 is 0 Å². The van der Waals surface area contributed by atoms with Crippen molar-refractivity contribution < 1.29 is 4.39 Å². The summed E-state index contributed by atoms with van der Waals surface area (Å²) < 4.78 is 15.0. The van der Waals surface area contributed by atoms with Gasteiger partial charge in [-0.3, -0.25) is 0 Å². The van der Waals surface area contributed by atoms with Crippen LogP contribution in [0.15, 0.2) is 39.9 Å². The predicted molar refractivity (Wildman–Crippen MR) is 76.2 cm³/mol. The Balaban J connectivity index is 2.05. The smallest absolute Gasteiger partial charge is 0.128 e. The predicted octanol–water partition coefficient (Wildman–Crippen LogP) is 3.49. The number of nitrogens with two attached hydrogens (primary N) is 1. The highest BCUT2D eigenvalue weighted by atomic mass is 32.2. The van der Waals surface area contributed by atoms with Crippen LogP contribution in [-0.2, 0) is 5.75 Å². The summed E-state index contributed by atoms with van der Waals surface area (Å²) in [5.74, 6) is 5.97. The molecule has 0 aliphatic rings. The SMILES string of the molecule is NCC#Cc1ccc(CSc2cccs2)c(F)c1. The monoisotopic (exact) mass is 277 g/mol. The van der Waals surface area contributed by atoms with Crippen molar-refractivity contribution >= 4 is 23.1 Å². The molecule has 0 amide bonds. The maximum absolute atomic E-state index is 13.8. The van der Waals surface area contributed by atoms with E-state index in [0.29, 0.717) is 16.9 Å². The molecule has 0 saturated heterocycles. The molecule has 0 aliphatic carbocycles. The van der Waals surface area contributed by atoms with Gasteiger partial charge in [-0.2, -0.15) is 0 Å². The molecule has 4 heteroatoms. The van der Waals surface area contributed by atoms with Crippen LogP contribution >= 0.6 is 23.1 Å². The van der Waals surface area contributed by atoms with Crippen LogP contribution in [0.3, 0.4) is 0 Å². The van der Waals surface area contributed by atoms with Crippen LogP contribution in [0.25, 0.3) is 0 Å². The molecule has 1 aromatic carbocycles. The number of hydrogen-bond donors (Lipinski definition) is 1. The molecule has 0 fully saturated rings. The average molecular weight is 277 g/mol. The highest BCUT2D eigenvalue weighted by molar-refractivity contribution is 8.00. The van der Waals surface area contributed by atoms with E-state index in [4.69, 9.17) is 5.73 Å². The van der Waals surface area contributed by atoms with Gasteiger partial charge in [0.1, 0.15) is 5.82 Å². The molecule has 2 rings (SSSR count). The first-order chi connectivity index (χ1) is 8.79. The molecular formula is C14H12FNS2. The number of thiophene rings is 1. The van der Waals surface area contributed by atoms with Gasteiger partial charge in [-0.15, -0.1) is 23.1 Å². The summed E-state index contributed by atoms with van der Waals surface area (Å²) in [6.07, 6.45) is 0. The minimum absolute atomic E-state index is 0.206. The lowest BCUT2D eigenvalue weighted by Gasteiger charge is -2.02. The fraction of sp³-hybridized carbons (Fsp3) is 0.143. The van der Waals surface area contributed by atoms with Crippen molar-refractivity contribution in [3.8, 4) is 11.8 Å².